The average molecular weight is 489 g/mol. The van der Waals surface area contributed by atoms with Gasteiger partial charge in [0.25, 0.3) is 15.9 Å². The van der Waals surface area contributed by atoms with Crippen LogP contribution in [0.15, 0.2) is 71.6 Å². The summed E-state index contributed by atoms with van der Waals surface area (Å²) in [5, 5.41) is -0.282. The third-order valence-corrected chi connectivity index (χ3v) is 7.01. The minimum Gasteiger partial charge on any atom is -0.497 e. The first kappa shape index (κ1) is 23.1. The molecular weight excluding hydrogens is 467 g/mol. The number of nitrogens with zero attached hydrogens (tertiary/aromatic N) is 1. The number of benzene rings is 3. The van der Waals surface area contributed by atoms with Gasteiger partial charge in [0.2, 0.25) is 0 Å². The quantitative estimate of drug-likeness (QED) is 0.479. The number of ether oxygens (including phenoxy) is 1. The zero-order valence-corrected chi connectivity index (χ0v) is 19.4. The van der Waals surface area contributed by atoms with Gasteiger partial charge in [0, 0.05) is 23.8 Å². The largest absolute Gasteiger partial charge is 0.497 e. The molecule has 3 aromatic rings. The number of hydrogen-bond donors (Lipinski definition) is 1. The predicted octanol–water partition coefficient (Wildman–Crippen LogP) is 5.09. The topological polar surface area (TPSA) is 75.7 Å². The Balaban J connectivity index is 1.47. The van der Waals surface area contributed by atoms with E-state index in [-0.39, 0.29) is 27.6 Å². The van der Waals surface area contributed by atoms with Crippen LogP contribution in [0.25, 0.3) is 0 Å². The molecule has 0 bridgehead atoms. The smallest absolute Gasteiger partial charge is 0.261 e. The van der Waals surface area contributed by atoms with Gasteiger partial charge in [0.05, 0.1) is 17.0 Å². The lowest BCUT2D eigenvalue weighted by Gasteiger charge is -2.23. The summed E-state index contributed by atoms with van der Waals surface area (Å²) in [5.74, 6) is -0.0645. The van der Waals surface area contributed by atoms with E-state index in [1.807, 2.05) is 29.2 Å². The van der Waals surface area contributed by atoms with E-state index in [1.54, 1.807) is 19.2 Å². The van der Waals surface area contributed by atoms with Gasteiger partial charge in [0.1, 0.15) is 11.6 Å². The standard InChI is InChI=1S/C24H22ClFN2O4S/c1-32-20-10-2-16(3-11-20)15-28(19-8-9-19)24(29)17-4-6-18(7-5-17)27-33(30,31)21-12-13-23(26)22(25)14-21/h2-7,10-14,19,27H,8-9,15H2,1H3. The fraction of sp³-hybridized carbons (Fsp3) is 0.208. The molecule has 1 fully saturated rings. The van der Waals surface area contributed by atoms with Crippen molar-refractivity contribution in [2.75, 3.05) is 11.8 Å². The van der Waals surface area contributed by atoms with Crippen LogP contribution in [-0.4, -0.2) is 32.4 Å². The van der Waals surface area contributed by atoms with Crippen LogP contribution in [0, 0.1) is 5.82 Å². The molecule has 0 atom stereocenters. The summed E-state index contributed by atoms with van der Waals surface area (Å²) >= 11 is 5.70. The zero-order valence-electron chi connectivity index (χ0n) is 17.8. The van der Waals surface area contributed by atoms with Gasteiger partial charge >= 0.3 is 0 Å². The molecule has 33 heavy (non-hydrogen) atoms. The first-order valence-electron chi connectivity index (χ1n) is 10.3. The summed E-state index contributed by atoms with van der Waals surface area (Å²) in [7, 11) is -2.35. The summed E-state index contributed by atoms with van der Waals surface area (Å²) in [6.45, 7) is 0.479. The molecule has 1 aliphatic rings. The number of carbonyl (C=O) groups is 1. The SMILES string of the molecule is COc1ccc(CN(C(=O)c2ccc(NS(=O)(=O)c3ccc(F)c(Cl)c3)cc2)C2CC2)cc1. The second-order valence-electron chi connectivity index (χ2n) is 7.77. The number of halogens is 2. The Labute approximate surface area is 197 Å². The number of nitrogens with one attached hydrogen (secondary N) is 1. The van der Waals surface area contributed by atoms with Crippen molar-refractivity contribution in [3.8, 4) is 5.75 Å². The molecule has 1 saturated carbocycles. The average Bonchev–Trinajstić information content (AvgIpc) is 3.65. The van der Waals surface area contributed by atoms with Crippen molar-refractivity contribution < 1.29 is 22.3 Å². The summed E-state index contributed by atoms with van der Waals surface area (Å²) < 4.78 is 46.1. The highest BCUT2D eigenvalue weighted by atomic mass is 35.5. The van der Waals surface area contributed by atoms with Crippen molar-refractivity contribution in [1.29, 1.82) is 0 Å². The van der Waals surface area contributed by atoms with E-state index < -0.39 is 15.8 Å². The van der Waals surface area contributed by atoms with E-state index in [0.717, 1.165) is 42.4 Å². The van der Waals surface area contributed by atoms with Crippen LogP contribution in [0.5, 0.6) is 5.75 Å². The molecule has 9 heteroatoms. The Morgan fingerprint density at radius 1 is 1.09 bits per heavy atom. The molecule has 6 nitrogen and oxygen atoms in total. The van der Waals surface area contributed by atoms with Gasteiger partial charge in [-0.3, -0.25) is 9.52 Å². The van der Waals surface area contributed by atoms with E-state index in [4.69, 9.17) is 16.3 Å². The van der Waals surface area contributed by atoms with E-state index in [0.29, 0.717) is 12.1 Å². The molecule has 0 aromatic heterocycles. The molecule has 0 aliphatic heterocycles. The molecule has 1 amide bonds. The maximum Gasteiger partial charge on any atom is 0.261 e. The summed E-state index contributed by atoms with van der Waals surface area (Å²) in [4.78, 5) is 14.8. The first-order chi connectivity index (χ1) is 15.8. The van der Waals surface area contributed by atoms with Crippen molar-refractivity contribution in [3.05, 3.63) is 88.7 Å². The third kappa shape index (κ3) is 5.46. The van der Waals surface area contributed by atoms with E-state index in [9.17, 15) is 17.6 Å². The van der Waals surface area contributed by atoms with Gasteiger partial charge in [-0.1, -0.05) is 23.7 Å². The fourth-order valence-electron chi connectivity index (χ4n) is 3.39. The Hall–Kier alpha value is -3.10. The van der Waals surface area contributed by atoms with Crippen LogP contribution >= 0.6 is 11.6 Å². The van der Waals surface area contributed by atoms with Gasteiger partial charge < -0.3 is 9.64 Å². The Morgan fingerprint density at radius 2 is 1.76 bits per heavy atom. The molecule has 4 rings (SSSR count). The lowest BCUT2D eigenvalue weighted by molar-refractivity contribution is 0.0730. The number of sulfonamides is 1. The van der Waals surface area contributed by atoms with Gasteiger partial charge in [-0.25, -0.2) is 12.8 Å². The van der Waals surface area contributed by atoms with Crippen LogP contribution < -0.4 is 9.46 Å². The maximum atomic E-state index is 13.3. The molecule has 0 unspecified atom stereocenters. The maximum absolute atomic E-state index is 13.3. The highest BCUT2D eigenvalue weighted by Crippen LogP contribution is 2.30. The molecular formula is C24H22ClFN2O4S. The highest BCUT2D eigenvalue weighted by molar-refractivity contribution is 7.92. The number of rotatable bonds is 8. The molecule has 172 valence electrons. The van der Waals surface area contributed by atoms with E-state index >= 15 is 0 Å². The molecule has 0 spiro atoms. The third-order valence-electron chi connectivity index (χ3n) is 5.35. The molecule has 0 radical (unpaired) electrons. The molecule has 3 aromatic carbocycles. The second kappa shape index (κ2) is 9.41. The normalized spacial score (nSPS) is 13.4. The highest BCUT2D eigenvalue weighted by Gasteiger charge is 2.33. The monoisotopic (exact) mass is 488 g/mol. The van der Waals surface area contributed by atoms with Crippen LogP contribution in [0.4, 0.5) is 10.1 Å². The molecule has 0 heterocycles. The van der Waals surface area contributed by atoms with Crippen LogP contribution in [0.3, 0.4) is 0 Å². The number of methoxy groups -OCH3 is 1. The summed E-state index contributed by atoms with van der Waals surface area (Å²) in [5.41, 5.74) is 1.74. The van der Waals surface area contributed by atoms with Gasteiger partial charge in [0.15, 0.2) is 0 Å². The predicted molar refractivity (Wildman–Crippen MR) is 125 cm³/mol. The summed E-state index contributed by atoms with van der Waals surface area (Å²) in [6, 6.07) is 17.2. The first-order valence-corrected chi connectivity index (χ1v) is 12.1. The minimum atomic E-state index is -3.96. The lowest BCUT2D eigenvalue weighted by Crippen LogP contribution is -2.32. The van der Waals surface area contributed by atoms with Crippen molar-refractivity contribution in [2.24, 2.45) is 0 Å². The Kier molecular flexibility index (Phi) is 6.58. The molecule has 1 aliphatic carbocycles. The van der Waals surface area contributed by atoms with Crippen LogP contribution in [0.2, 0.25) is 5.02 Å². The van der Waals surface area contributed by atoms with Crippen molar-refractivity contribution in [3.63, 3.8) is 0 Å². The Bertz CT molecular complexity index is 1260. The minimum absolute atomic E-state index is 0.118. The van der Waals surface area contributed by atoms with Crippen LogP contribution in [-0.2, 0) is 16.6 Å². The zero-order chi connectivity index (χ0) is 23.6. The van der Waals surface area contributed by atoms with Crippen molar-refractivity contribution in [2.45, 2.75) is 30.3 Å². The van der Waals surface area contributed by atoms with Gasteiger partial charge in [-0.05, 0) is 73.0 Å². The Morgan fingerprint density at radius 3 is 2.33 bits per heavy atom. The van der Waals surface area contributed by atoms with Crippen molar-refractivity contribution in [1.82, 2.24) is 4.90 Å². The number of carbonyl (C=O) groups excluding carboxylic acids is 1. The number of anilines is 1. The fourth-order valence-corrected chi connectivity index (χ4v) is 4.72. The lowest BCUT2D eigenvalue weighted by atomic mass is 10.1. The molecule has 1 N–H and O–H groups in total. The summed E-state index contributed by atoms with van der Waals surface area (Å²) in [6.07, 6.45) is 1.92. The number of amides is 1. The van der Waals surface area contributed by atoms with Crippen molar-refractivity contribution >= 4 is 33.2 Å². The van der Waals surface area contributed by atoms with Gasteiger partial charge in [-0.2, -0.15) is 0 Å². The second-order valence-corrected chi connectivity index (χ2v) is 9.86. The molecule has 0 saturated heterocycles. The van der Waals surface area contributed by atoms with Gasteiger partial charge in [-0.15, -0.1) is 0 Å². The van der Waals surface area contributed by atoms with E-state index in [2.05, 4.69) is 4.72 Å². The van der Waals surface area contributed by atoms with Crippen LogP contribution in [0.1, 0.15) is 28.8 Å². The van der Waals surface area contributed by atoms with E-state index in [1.165, 1.54) is 12.1 Å². The number of hydrogen-bond acceptors (Lipinski definition) is 4.